The van der Waals surface area contributed by atoms with Gasteiger partial charge < -0.3 is 33.9 Å². The summed E-state index contributed by atoms with van der Waals surface area (Å²) in [6, 6.07) is 0. The second-order valence-corrected chi connectivity index (χ2v) is 20.0. The van der Waals surface area contributed by atoms with Gasteiger partial charge in [0, 0.05) is 7.11 Å². The first-order valence-corrected chi connectivity index (χ1v) is 16.8. The fourth-order valence-electron chi connectivity index (χ4n) is 5.74. The largest absolute Gasteiger partial charge is 0.414 e. The highest BCUT2D eigenvalue weighted by molar-refractivity contribution is 6.84. The molecule has 36 heavy (non-hydrogen) atoms. The van der Waals surface area contributed by atoms with E-state index >= 15 is 0 Å². The predicted octanol–water partition coefficient (Wildman–Crippen LogP) is 3.86. The van der Waals surface area contributed by atoms with Crippen LogP contribution in [0.1, 0.15) is 61.6 Å². The van der Waals surface area contributed by atoms with E-state index in [4.69, 9.17) is 33.9 Å². The average molecular weight is 539 g/mol. The van der Waals surface area contributed by atoms with E-state index in [1.807, 2.05) is 0 Å². The molecular formula is C23H42N6O5Si2. The maximum atomic E-state index is 7.29. The van der Waals surface area contributed by atoms with Gasteiger partial charge in [0.05, 0.1) is 12.9 Å². The van der Waals surface area contributed by atoms with Crippen molar-refractivity contribution in [1.82, 2.24) is 19.5 Å². The zero-order valence-electron chi connectivity index (χ0n) is 22.9. The van der Waals surface area contributed by atoms with Crippen molar-refractivity contribution in [2.24, 2.45) is 0 Å². The van der Waals surface area contributed by atoms with Crippen molar-refractivity contribution in [1.29, 1.82) is 0 Å². The molecule has 0 radical (unpaired) electrons. The molecule has 0 saturated carbocycles. The fraction of sp³-hybridized carbons (Fsp3) is 0.783. The second-order valence-electron chi connectivity index (χ2n) is 11.1. The number of hydrogen-bond acceptors (Lipinski definition) is 10. The van der Waals surface area contributed by atoms with Crippen LogP contribution >= 0.6 is 0 Å². The van der Waals surface area contributed by atoms with Crippen LogP contribution in [0.15, 0.2) is 6.33 Å². The van der Waals surface area contributed by atoms with E-state index in [-0.39, 0.29) is 40.0 Å². The van der Waals surface area contributed by atoms with Crippen molar-refractivity contribution in [3.05, 3.63) is 6.33 Å². The molecule has 0 bridgehead atoms. The Hall–Kier alpha value is -1.62. The number of methoxy groups -OCH3 is 1. The molecule has 13 heteroatoms. The Labute approximate surface area is 215 Å². The minimum atomic E-state index is -2.82. The van der Waals surface area contributed by atoms with E-state index in [0.29, 0.717) is 17.8 Å². The summed E-state index contributed by atoms with van der Waals surface area (Å²) in [5, 5.41) is 0. The Morgan fingerprint density at radius 3 is 2.14 bits per heavy atom. The normalized spacial score (nSPS) is 28.2. The first-order valence-electron chi connectivity index (χ1n) is 12.8. The van der Waals surface area contributed by atoms with E-state index in [1.165, 1.54) is 0 Å². The number of ether oxygens (including phenoxy) is 2. The van der Waals surface area contributed by atoms with Crippen LogP contribution in [-0.2, 0) is 22.4 Å². The highest BCUT2D eigenvalue weighted by Gasteiger charge is 2.62. The zero-order chi connectivity index (χ0) is 26.6. The number of hydrogen-bond donors (Lipinski definition) is 2. The summed E-state index contributed by atoms with van der Waals surface area (Å²) in [4.78, 5) is 12.8. The molecule has 0 amide bonds. The molecule has 4 N–H and O–H groups in total. The number of nitrogens with zero attached hydrogens (tertiary/aromatic N) is 4. The third kappa shape index (κ3) is 4.27. The average Bonchev–Trinajstić information content (AvgIpc) is 3.33. The van der Waals surface area contributed by atoms with Crippen LogP contribution in [0.4, 0.5) is 11.8 Å². The summed E-state index contributed by atoms with van der Waals surface area (Å²) in [5.74, 6) is 0.293. The molecule has 4 heterocycles. The van der Waals surface area contributed by atoms with Gasteiger partial charge >= 0.3 is 17.1 Å². The zero-order valence-corrected chi connectivity index (χ0v) is 24.9. The molecule has 0 aliphatic carbocycles. The molecule has 2 aliphatic heterocycles. The lowest BCUT2D eigenvalue weighted by molar-refractivity contribution is -0.0602. The third-order valence-corrected chi connectivity index (χ3v) is 17.9. The second kappa shape index (κ2) is 9.93. The Kier molecular flexibility index (Phi) is 7.56. The molecule has 2 aliphatic rings. The van der Waals surface area contributed by atoms with Gasteiger partial charge in [-0.2, -0.15) is 9.97 Å². The van der Waals surface area contributed by atoms with Gasteiger partial charge in [-0.25, -0.2) is 4.98 Å². The molecule has 4 atom stereocenters. The van der Waals surface area contributed by atoms with Crippen molar-refractivity contribution in [3.63, 3.8) is 0 Å². The van der Waals surface area contributed by atoms with Crippen molar-refractivity contribution in [3.8, 4) is 0 Å². The van der Waals surface area contributed by atoms with Gasteiger partial charge in [0.15, 0.2) is 17.7 Å². The third-order valence-electron chi connectivity index (χ3n) is 7.63. The number of nitrogens with two attached hydrogens (primary N) is 2. The number of imidazole rings is 1. The van der Waals surface area contributed by atoms with Crippen LogP contribution in [-0.4, -0.2) is 68.7 Å². The molecule has 11 nitrogen and oxygen atoms in total. The van der Waals surface area contributed by atoms with Crippen LogP contribution in [0.3, 0.4) is 0 Å². The van der Waals surface area contributed by atoms with Gasteiger partial charge in [-0.15, -0.1) is 0 Å². The summed E-state index contributed by atoms with van der Waals surface area (Å²) in [5.41, 5.74) is 13.8. The lowest BCUT2D eigenvalue weighted by Gasteiger charge is -2.51. The molecule has 2 aromatic heterocycles. The number of anilines is 2. The first-order chi connectivity index (χ1) is 16.9. The van der Waals surface area contributed by atoms with Crippen molar-refractivity contribution in [2.45, 2.75) is 102 Å². The number of rotatable bonds is 6. The standard InChI is InChI=1S/C23H42N6O5Si2/c1-12(2)35(13(3)4)31-10-16-18(33-36(34-35,14(5)6)15(7)8)19(30-9)22(32-16)29-11-26-17-20(24)27-23(25)28-21(17)29/h11-16,18-19,22H,10H2,1-9H3,(H4,24,25,27,28)/t16-,18-,19-,22-/m1/s1. The highest BCUT2D eigenvalue weighted by Crippen LogP contribution is 2.49. The SMILES string of the molecule is CO[C@@H]1[C@@H]2O[Si](C(C)C)(C(C)C)O[Si](C(C)C)(C(C)C)OC[C@H]2O[C@H]1n1cnc2c(N)nc(N)nc21. The van der Waals surface area contributed by atoms with Crippen LogP contribution in [0.25, 0.3) is 11.2 Å². The predicted molar refractivity (Wildman–Crippen MR) is 143 cm³/mol. The summed E-state index contributed by atoms with van der Waals surface area (Å²) in [7, 11) is -3.84. The first kappa shape index (κ1) is 27.4. The highest BCUT2D eigenvalue weighted by atomic mass is 28.5. The molecular weight excluding hydrogens is 496 g/mol. The van der Waals surface area contributed by atoms with Gasteiger partial charge in [0.25, 0.3) is 0 Å². The minimum Gasteiger partial charge on any atom is -0.414 e. The maximum absolute atomic E-state index is 7.29. The summed E-state index contributed by atoms with van der Waals surface area (Å²) in [6.45, 7) is 18.0. The topological polar surface area (TPSA) is 142 Å². The molecule has 0 aromatic carbocycles. The number of aromatic nitrogens is 4. The molecule has 2 saturated heterocycles. The maximum Gasteiger partial charge on any atom is 0.335 e. The number of fused-ring (bicyclic) bond motifs is 2. The lowest BCUT2D eigenvalue weighted by Crippen LogP contribution is -2.65. The molecule has 2 fully saturated rings. The van der Waals surface area contributed by atoms with Crippen LogP contribution in [0, 0.1) is 0 Å². The Balaban J connectivity index is 1.81. The Morgan fingerprint density at radius 2 is 1.58 bits per heavy atom. The molecule has 0 unspecified atom stereocenters. The van der Waals surface area contributed by atoms with Gasteiger partial charge in [0.2, 0.25) is 5.95 Å². The summed E-state index contributed by atoms with van der Waals surface area (Å²) >= 11 is 0. The van der Waals surface area contributed by atoms with Crippen molar-refractivity contribution in [2.75, 3.05) is 25.2 Å². The van der Waals surface area contributed by atoms with Crippen LogP contribution in [0.5, 0.6) is 0 Å². The van der Waals surface area contributed by atoms with E-state index in [1.54, 1.807) is 18.0 Å². The minimum absolute atomic E-state index is 0.0726. The van der Waals surface area contributed by atoms with Gasteiger partial charge in [-0.05, 0) is 22.2 Å². The van der Waals surface area contributed by atoms with E-state index in [0.717, 1.165) is 0 Å². The summed E-state index contributed by atoms with van der Waals surface area (Å²) in [6.07, 6.45) is -0.123. The number of nitrogen functional groups attached to an aromatic ring is 2. The van der Waals surface area contributed by atoms with E-state index in [2.05, 4.69) is 70.3 Å². The fourth-order valence-corrected chi connectivity index (χ4v) is 16.9. The van der Waals surface area contributed by atoms with Crippen molar-refractivity contribution < 1.29 is 22.4 Å². The van der Waals surface area contributed by atoms with Crippen LogP contribution in [0.2, 0.25) is 22.2 Å². The molecule has 0 spiro atoms. The lowest BCUT2D eigenvalue weighted by atomic mass is 10.1. The van der Waals surface area contributed by atoms with Crippen molar-refractivity contribution >= 4 is 40.1 Å². The monoisotopic (exact) mass is 538 g/mol. The van der Waals surface area contributed by atoms with Crippen LogP contribution < -0.4 is 11.5 Å². The van der Waals surface area contributed by atoms with Gasteiger partial charge in [0.1, 0.15) is 23.8 Å². The molecule has 2 aromatic rings. The molecule has 202 valence electrons. The van der Waals surface area contributed by atoms with E-state index < -0.39 is 35.6 Å². The van der Waals surface area contributed by atoms with Gasteiger partial charge in [-0.1, -0.05) is 55.4 Å². The van der Waals surface area contributed by atoms with E-state index in [9.17, 15) is 0 Å². The quantitative estimate of drug-likeness (QED) is 0.521. The van der Waals surface area contributed by atoms with Gasteiger partial charge in [-0.3, -0.25) is 4.57 Å². The summed E-state index contributed by atoms with van der Waals surface area (Å²) < 4.78 is 35.8. The molecule has 4 rings (SSSR count). The Morgan fingerprint density at radius 1 is 0.972 bits per heavy atom. The Bertz CT molecular complexity index is 1060. The smallest absolute Gasteiger partial charge is 0.335 e.